The van der Waals surface area contributed by atoms with Crippen LogP contribution in [0.1, 0.15) is 57.6 Å². The van der Waals surface area contributed by atoms with Crippen molar-refractivity contribution in [3.05, 3.63) is 24.2 Å². The van der Waals surface area contributed by atoms with Crippen molar-refractivity contribution in [1.82, 2.24) is 5.32 Å². The molecule has 0 aromatic carbocycles. The summed E-state index contributed by atoms with van der Waals surface area (Å²) in [6.07, 6.45) is 9.75. The molecule has 1 saturated carbocycles. The Morgan fingerprint density at radius 1 is 1.33 bits per heavy atom. The highest BCUT2D eigenvalue weighted by atomic mass is 16.5. The quantitative estimate of drug-likeness (QED) is 0.837. The predicted octanol–water partition coefficient (Wildman–Crippen LogP) is 3.67. The van der Waals surface area contributed by atoms with Crippen molar-refractivity contribution in [3.63, 3.8) is 0 Å². The van der Waals surface area contributed by atoms with Gasteiger partial charge < -0.3 is 14.5 Å². The molecule has 3 nitrogen and oxygen atoms in total. The van der Waals surface area contributed by atoms with E-state index in [1.807, 2.05) is 6.26 Å². The summed E-state index contributed by atoms with van der Waals surface area (Å²) in [7, 11) is 0. The highest BCUT2D eigenvalue weighted by Crippen LogP contribution is 2.41. The summed E-state index contributed by atoms with van der Waals surface area (Å²) >= 11 is 0. The molecule has 1 unspecified atom stereocenters. The van der Waals surface area contributed by atoms with E-state index >= 15 is 0 Å². The molecule has 0 radical (unpaired) electrons. The van der Waals surface area contributed by atoms with Gasteiger partial charge in [0.2, 0.25) is 0 Å². The second-order valence-electron chi connectivity index (χ2n) is 5.11. The number of ether oxygens (including phenoxy) is 1. The molecular formula is C15H25NO2. The monoisotopic (exact) mass is 251 g/mol. The fraction of sp³-hybridized carbons (Fsp3) is 0.733. The highest BCUT2D eigenvalue weighted by Gasteiger charge is 2.41. The van der Waals surface area contributed by atoms with Crippen LogP contribution in [0.4, 0.5) is 0 Å². The molecule has 102 valence electrons. The molecule has 2 rings (SSSR count). The van der Waals surface area contributed by atoms with Crippen LogP contribution in [-0.2, 0) is 4.74 Å². The van der Waals surface area contributed by atoms with Gasteiger partial charge in [0.05, 0.1) is 24.2 Å². The molecule has 1 heterocycles. The van der Waals surface area contributed by atoms with Crippen LogP contribution in [0.25, 0.3) is 0 Å². The molecule has 18 heavy (non-hydrogen) atoms. The molecule has 0 aliphatic heterocycles. The van der Waals surface area contributed by atoms with Crippen LogP contribution < -0.4 is 5.32 Å². The van der Waals surface area contributed by atoms with E-state index in [2.05, 4.69) is 25.2 Å². The van der Waals surface area contributed by atoms with Crippen LogP contribution in [0, 0.1) is 0 Å². The average molecular weight is 251 g/mol. The maximum absolute atomic E-state index is 6.20. The Balaban J connectivity index is 2.24. The summed E-state index contributed by atoms with van der Waals surface area (Å²) in [4.78, 5) is 0. The molecule has 1 N–H and O–H groups in total. The van der Waals surface area contributed by atoms with Crippen LogP contribution in [0.15, 0.2) is 23.0 Å². The van der Waals surface area contributed by atoms with E-state index in [9.17, 15) is 0 Å². The fourth-order valence-corrected chi connectivity index (χ4v) is 3.21. The van der Waals surface area contributed by atoms with Crippen molar-refractivity contribution in [1.29, 1.82) is 0 Å². The summed E-state index contributed by atoms with van der Waals surface area (Å²) in [5.74, 6) is 0. The summed E-state index contributed by atoms with van der Waals surface area (Å²) in [5, 5.41) is 3.60. The molecule has 0 bridgehead atoms. The van der Waals surface area contributed by atoms with Crippen LogP contribution >= 0.6 is 0 Å². The summed E-state index contributed by atoms with van der Waals surface area (Å²) in [5.41, 5.74) is 1.17. The normalized spacial score (nSPS) is 20.8. The zero-order valence-corrected chi connectivity index (χ0v) is 11.6. The molecule has 0 saturated heterocycles. The Morgan fingerprint density at radius 2 is 2.11 bits per heavy atom. The molecule has 1 aliphatic carbocycles. The fourth-order valence-electron chi connectivity index (χ4n) is 3.21. The third kappa shape index (κ3) is 2.78. The van der Waals surface area contributed by atoms with Crippen molar-refractivity contribution in [3.8, 4) is 0 Å². The van der Waals surface area contributed by atoms with Crippen molar-refractivity contribution in [2.24, 2.45) is 0 Å². The first-order valence-electron chi connectivity index (χ1n) is 7.22. The van der Waals surface area contributed by atoms with Crippen LogP contribution in [0.2, 0.25) is 0 Å². The SMILES string of the molecule is CCNC(c1ccoc1)C1(OCC)CCCCC1. The van der Waals surface area contributed by atoms with Gasteiger partial charge in [0.1, 0.15) is 0 Å². The number of hydrogen-bond donors (Lipinski definition) is 1. The van der Waals surface area contributed by atoms with Gasteiger partial charge in [-0.2, -0.15) is 0 Å². The summed E-state index contributed by atoms with van der Waals surface area (Å²) in [6.45, 7) is 5.97. The topological polar surface area (TPSA) is 34.4 Å². The number of furan rings is 1. The third-order valence-corrected chi connectivity index (χ3v) is 3.94. The Bertz CT molecular complexity index is 323. The minimum atomic E-state index is -0.0487. The van der Waals surface area contributed by atoms with Crippen LogP contribution in [0.3, 0.4) is 0 Å². The number of nitrogens with one attached hydrogen (secondary N) is 1. The van der Waals surface area contributed by atoms with Gasteiger partial charge >= 0.3 is 0 Å². The molecule has 1 aliphatic rings. The lowest BCUT2D eigenvalue weighted by Crippen LogP contribution is -2.47. The first-order valence-corrected chi connectivity index (χ1v) is 7.22. The van der Waals surface area contributed by atoms with Gasteiger partial charge in [-0.05, 0) is 32.4 Å². The van der Waals surface area contributed by atoms with Gasteiger partial charge in [-0.1, -0.05) is 26.2 Å². The van der Waals surface area contributed by atoms with E-state index in [0.717, 1.165) is 26.0 Å². The van der Waals surface area contributed by atoms with Gasteiger partial charge in [0.15, 0.2) is 0 Å². The third-order valence-electron chi connectivity index (χ3n) is 3.94. The first-order chi connectivity index (χ1) is 8.82. The van der Waals surface area contributed by atoms with Gasteiger partial charge in [-0.25, -0.2) is 0 Å². The summed E-state index contributed by atoms with van der Waals surface area (Å²) < 4.78 is 11.5. The van der Waals surface area contributed by atoms with Crippen molar-refractivity contribution in [2.45, 2.75) is 57.6 Å². The standard InChI is InChI=1S/C15H25NO2/c1-3-16-14(13-8-11-17-12-13)15(18-4-2)9-6-5-7-10-15/h8,11-12,14,16H,3-7,9-10H2,1-2H3. The van der Waals surface area contributed by atoms with Gasteiger partial charge in [0.25, 0.3) is 0 Å². The van der Waals surface area contributed by atoms with E-state index in [1.54, 1.807) is 6.26 Å². The second-order valence-corrected chi connectivity index (χ2v) is 5.11. The number of likely N-dealkylation sites (N-methyl/N-ethyl adjacent to an activating group) is 1. The molecule has 1 atom stereocenters. The van der Waals surface area contributed by atoms with Crippen molar-refractivity contribution >= 4 is 0 Å². The number of hydrogen-bond acceptors (Lipinski definition) is 3. The average Bonchev–Trinajstić information content (AvgIpc) is 2.91. The lowest BCUT2D eigenvalue weighted by Gasteiger charge is -2.43. The van der Waals surface area contributed by atoms with Crippen LogP contribution in [0.5, 0.6) is 0 Å². The summed E-state index contributed by atoms with van der Waals surface area (Å²) in [6, 6.07) is 2.31. The van der Waals surface area contributed by atoms with E-state index in [4.69, 9.17) is 9.15 Å². The Morgan fingerprint density at radius 3 is 2.67 bits per heavy atom. The zero-order valence-electron chi connectivity index (χ0n) is 11.6. The van der Waals surface area contributed by atoms with Crippen molar-refractivity contribution in [2.75, 3.05) is 13.2 Å². The van der Waals surface area contributed by atoms with E-state index in [0.29, 0.717) is 0 Å². The minimum absolute atomic E-state index is 0.0487. The maximum atomic E-state index is 6.20. The Hall–Kier alpha value is -0.800. The second kappa shape index (κ2) is 6.39. The molecule has 1 aromatic rings. The molecule has 1 aromatic heterocycles. The molecule has 0 spiro atoms. The molecule has 1 fully saturated rings. The Kier molecular flexibility index (Phi) is 4.84. The minimum Gasteiger partial charge on any atom is -0.472 e. The van der Waals surface area contributed by atoms with E-state index < -0.39 is 0 Å². The lowest BCUT2D eigenvalue weighted by atomic mass is 9.77. The first kappa shape index (κ1) is 13.6. The largest absolute Gasteiger partial charge is 0.472 e. The van der Waals surface area contributed by atoms with Crippen molar-refractivity contribution < 1.29 is 9.15 Å². The highest BCUT2D eigenvalue weighted by molar-refractivity contribution is 5.17. The van der Waals surface area contributed by atoms with E-state index in [-0.39, 0.29) is 11.6 Å². The lowest BCUT2D eigenvalue weighted by molar-refractivity contribution is -0.0910. The molecule has 3 heteroatoms. The maximum Gasteiger partial charge on any atom is 0.0951 e. The zero-order chi connectivity index (χ0) is 12.8. The van der Waals surface area contributed by atoms with Crippen LogP contribution in [-0.4, -0.2) is 18.8 Å². The number of rotatable bonds is 6. The van der Waals surface area contributed by atoms with E-state index in [1.165, 1.54) is 24.8 Å². The van der Waals surface area contributed by atoms with Gasteiger partial charge in [0, 0.05) is 12.2 Å². The molecule has 0 amide bonds. The van der Waals surface area contributed by atoms with Gasteiger partial charge in [-0.3, -0.25) is 0 Å². The smallest absolute Gasteiger partial charge is 0.0951 e. The molecular weight excluding hydrogens is 226 g/mol. The van der Waals surface area contributed by atoms with Gasteiger partial charge in [-0.15, -0.1) is 0 Å². The Labute approximate surface area is 110 Å². The predicted molar refractivity (Wildman–Crippen MR) is 72.6 cm³/mol.